The second kappa shape index (κ2) is 8.04. The van der Waals surface area contributed by atoms with Gasteiger partial charge in [0.1, 0.15) is 0 Å². The quantitative estimate of drug-likeness (QED) is 0.795. The van der Waals surface area contributed by atoms with E-state index in [-0.39, 0.29) is 11.8 Å². The van der Waals surface area contributed by atoms with Crippen LogP contribution in [0.2, 0.25) is 0 Å². The van der Waals surface area contributed by atoms with Gasteiger partial charge in [-0.05, 0) is 31.0 Å². The van der Waals surface area contributed by atoms with Gasteiger partial charge >= 0.3 is 5.97 Å². The van der Waals surface area contributed by atoms with E-state index in [2.05, 4.69) is 21.2 Å². The van der Waals surface area contributed by atoms with Gasteiger partial charge in [0.2, 0.25) is 5.91 Å². The molecule has 0 heterocycles. The first-order valence-corrected chi connectivity index (χ1v) is 7.56. The van der Waals surface area contributed by atoms with Crippen molar-refractivity contribution in [1.29, 1.82) is 0 Å². The van der Waals surface area contributed by atoms with Crippen molar-refractivity contribution in [1.82, 2.24) is 0 Å². The fourth-order valence-electron chi connectivity index (χ4n) is 1.51. The molecule has 20 heavy (non-hydrogen) atoms. The molecule has 110 valence electrons. The zero-order valence-corrected chi connectivity index (χ0v) is 13.6. The Balaban J connectivity index is 2.95. The lowest BCUT2D eigenvalue weighted by molar-refractivity contribution is -0.119. The van der Waals surface area contributed by atoms with Crippen molar-refractivity contribution in [3.05, 3.63) is 28.2 Å². The van der Waals surface area contributed by atoms with E-state index >= 15 is 0 Å². The number of carbonyl (C=O) groups excluding carboxylic acids is 2. The van der Waals surface area contributed by atoms with Crippen molar-refractivity contribution in [2.75, 3.05) is 11.9 Å². The van der Waals surface area contributed by atoms with Gasteiger partial charge < -0.3 is 10.1 Å². The lowest BCUT2D eigenvalue weighted by atomic mass is 10.1. The Kier molecular flexibility index (Phi) is 6.71. The molecule has 1 amide bonds. The van der Waals surface area contributed by atoms with E-state index < -0.39 is 5.97 Å². The lowest BCUT2D eigenvalue weighted by Crippen LogP contribution is -2.21. The van der Waals surface area contributed by atoms with Crippen molar-refractivity contribution >= 4 is 33.5 Å². The van der Waals surface area contributed by atoms with Crippen LogP contribution in [0, 0.1) is 5.92 Å². The normalized spacial score (nSPS) is 11.8. The Morgan fingerprint density at radius 1 is 1.35 bits per heavy atom. The van der Waals surface area contributed by atoms with E-state index in [1.165, 1.54) is 0 Å². The maximum atomic E-state index is 12.0. The molecule has 0 saturated carbocycles. The molecule has 0 aliphatic heterocycles. The lowest BCUT2D eigenvalue weighted by Gasteiger charge is -2.13. The van der Waals surface area contributed by atoms with Crippen molar-refractivity contribution in [3.63, 3.8) is 0 Å². The Hall–Kier alpha value is -1.36. The maximum absolute atomic E-state index is 12.0. The van der Waals surface area contributed by atoms with Gasteiger partial charge in [0.25, 0.3) is 0 Å². The van der Waals surface area contributed by atoms with E-state index in [1.807, 2.05) is 20.8 Å². The molecule has 0 saturated heterocycles. The standard InChI is InChI=1S/C15H20BrNO3/c1-4-8-20-15(19)12-9-11(16)6-7-13(12)17-14(18)10(3)5-2/h6-7,9-10H,4-5,8H2,1-3H3,(H,17,18). The molecule has 1 atom stereocenters. The average molecular weight is 342 g/mol. The van der Waals surface area contributed by atoms with Crippen molar-refractivity contribution in [3.8, 4) is 0 Å². The number of hydrogen-bond acceptors (Lipinski definition) is 3. The van der Waals surface area contributed by atoms with Gasteiger partial charge in [-0.2, -0.15) is 0 Å². The minimum Gasteiger partial charge on any atom is -0.462 e. The summed E-state index contributed by atoms with van der Waals surface area (Å²) in [5, 5.41) is 2.79. The third kappa shape index (κ3) is 4.63. The summed E-state index contributed by atoms with van der Waals surface area (Å²) in [6.45, 7) is 6.09. The molecule has 1 rings (SSSR count). The predicted molar refractivity (Wildman–Crippen MR) is 82.8 cm³/mol. The van der Waals surface area contributed by atoms with Crippen molar-refractivity contribution in [2.24, 2.45) is 5.92 Å². The first-order valence-electron chi connectivity index (χ1n) is 6.77. The van der Waals surface area contributed by atoms with Gasteiger partial charge in [-0.3, -0.25) is 4.79 Å². The monoisotopic (exact) mass is 341 g/mol. The molecule has 5 heteroatoms. The number of halogens is 1. The average Bonchev–Trinajstić information content (AvgIpc) is 2.45. The van der Waals surface area contributed by atoms with Crippen LogP contribution in [0.15, 0.2) is 22.7 Å². The number of hydrogen-bond donors (Lipinski definition) is 1. The highest BCUT2D eigenvalue weighted by Gasteiger charge is 2.17. The van der Waals surface area contributed by atoms with Crippen LogP contribution < -0.4 is 5.32 Å². The summed E-state index contributed by atoms with van der Waals surface area (Å²) >= 11 is 3.32. The summed E-state index contributed by atoms with van der Waals surface area (Å²) in [5.74, 6) is -0.620. The molecular formula is C15H20BrNO3. The number of rotatable bonds is 6. The zero-order valence-electron chi connectivity index (χ0n) is 12.0. The Morgan fingerprint density at radius 3 is 2.65 bits per heavy atom. The van der Waals surface area contributed by atoms with Crippen LogP contribution in [-0.2, 0) is 9.53 Å². The van der Waals surface area contributed by atoms with E-state index in [0.29, 0.717) is 17.9 Å². The molecule has 0 aliphatic rings. The van der Waals surface area contributed by atoms with E-state index in [9.17, 15) is 9.59 Å². The Labute approximate surface area is 128 Å². The number of nitrogens with one attached hydrogen (secondary N) is 1. The smallest absolute Gasteiger partial charge is 0.340 e. The maximum Gasteiger partial charge on any atom is 0.340 e. The van der Waals surface area contributed by atoms with Gasteiger partial charge in [-0.15, -0.1) is 0 Å². The van der Waals surface area contributed by atoms with E-state index in [1.54, 1.807) is 18.2 Å². The molecule has 0 bridgehead atoms. The van der Waals surface area contributed by atoms with Crippen molar-refractivity contribution < 1.29 is 14.3 Å². The Morgan fingerprint density at radius 2 is 2.05 bits per heavy atom. The van der Waals surface area contributed by atoms with E-state index in [4.69, 9.17) is 4.74 Å². The van der Waals surface area contributed by atoms with Crippen LogP contribution in [0.4, 0.5) is 5.69 Å². The second-order valence-electron chi connectivity index (χ2n) is 4.62. The number of anilines is 1. The molecule has 1 N–H and O–H groups in total. The van der Waals surface area contributed by atoms with Crippen LogP contribution in [0.3, 0.4) is 0 Å². The molecule has 1 aromatic carbocycles. The van der Waals surface area contributed by atoms with Gasteiger partial charge in [-0.1, -0.05) is 36.7 Å². The minimum atomic E-state index is -0.424. The molecule has 0 aromatic heterocycles. The first-order chi connectivity index (χ1) is 9.49. The largest absolute Gasteiger partial charge is 0.462 e. The summed E-state index contributed by atoms with van der Waals surface area (Å²) in [5.41, 5.74) is 0.851. The van der Waals surface area contributed by atoms with E-state index in [0.717, 1.165) is 17.3 Å². The summed E-state index contributed by atoms with van der Waals surface area (Å²) < 4.78 is 5.90. The molecule has 0 radical (unpaired) electrons. The summed E-state index contributed by atoms with van der Waals surface area (Å²) in [4.78, 5) is 23.9. The third-order valence-corrected chi connectivity index (χ3v) is 3.45. The van der Waals surface area contributed by atoms with Crippen molar-refractivity contribution in [2.45, 2.75) is 33.6 Å². The fraction of sp³-hybridized carbons (Fsp3) is 0.467. The van der Waals surface area contributed by atoms with Crippen LogP contribution in [-0.4, -0.2) is 18.5 Å². The first kappa shape index (κ1) is 16.7. The summed E-state index contributed by atoms with van der Waals surface area (Å²) in [7, 11) is 0. The van der Waals surface area contributed by atoms with Crippen LogP contribution >= 0.6 is 15.9 Å². The molecule has 0 spiro atoms. The number of amides is 1. The highest BCUT2D eigenvalue weighted by atomic mass is 79.9. The van der Waals surface area contributed by atoms with Crippen LogP contribution in [0.25, 0.3) is 0 Å². The minimum absolute atomic E-state index is 0.0978. The third-order valence-electron chi connectivity index (χ3n) is 2.96. The highest BCUT2D eigenvalue weighted by molar-refractivity contribution is 9.10. The van der Waals surface area contributed by atoms with Crippen LogP contribution in [0.1, 0.15) is 44.0 Å². The molecular weight excluding hydrogens is 322 g/mol. The fourth-order valence-corrected chi connectivity index (χ4v) is 1.87. The molecule has 1 unspecified atom stereocenters. The number of ether oxygens (including phenoxy) is 1. The molecule has 0 aliphatic carbocycles. The number of esters is 1. The van der Waals surface area contributed by atoms with Crippen LogP contribution in [0.5, 0.6) is 0 Å². The molecule has 4 nitrogen and oxygen atoms in total. The highest BCUT2D eigenvalue weighted by Crippen LogP contribution is 2.23. The Bertz CT molecular complexity index is 488. The molecule has 1 aromatic rings. The summed E-state index contributed by atoms with van der Waals surface area (Å²) in [6, 6.07) is 5.14. The SMILES string of the molecule is CCCOC(=O)c1cc(Br)ccc1NC(=O)C(C)CC. The topological polar surface area (TPSA) is 55.4 Å². The van der Waals surface area contributed by atoms with Gasteiger partial charge in [0.15, 0.2) is 0 Å². The number of carbonyl (C=O) groups is 2. The predicted octanol–water partition coefficient (Wildman–Crippen LogP) is 4.00. The van der Waals surface area contributed by atoms with Gasteiger partial charge in [-0.25, -0.2) is 4.79 Å². The number of benzene rings is 1. The summed E-state index contributed by atoms with van der Waals surface area (Å²) in [6.07, 6.45) is 1.51. The second-order valence-corrected chi connectivity index (χ2v) is 5.54. The van der Waals surface area contributed by atoms with Gasteiger partial charge in [0.05, 0.1) is 17.9 Å². The zero-order chi connectivity index (χ0) is 15.1. The van der Waals surface area contributed by atoms with Gasteiger partial charge in [0, 0.05) is 10.4 Å². The molecule has 0 fully saturated rings.